The Hall–Kier alpha value is -1.43. The Bertz CT molecular complexity index is 526. The minimum absolute atomic E-state index is 0.460. The summed E-state index contributed by atoms with van der Waals surface area (Å²) in [6.07, 6.45) is 0. The number of fused-ring (bicyclic) bond motifs is 1. The van der Waals surface area contributed by atoms with Crippen molar-refractivity contribution in [1.82, 2.24) is 5.32 Å². The first kappa shape index (κ1) is 12.6. The molecule has 0 aliphatic carbocycles. The summed E-state index contributed by atoms with van der Waals surface area (Å²) in [7, 11) is 0. The topological polar surface area (TPSA) is 51.7 Å². The molecule has 0 bridgehead atoms. The predicted octanol–water partition coefficient (Wildman–Crippen LogP) is 2.42. The molecule has 3 rings (SSSR count). The zero-order valence-electron chi connectivity index (χ0n) is 11.1. The van der Waals surface area contributed by atoms with Crippen LogP contribution in [0.15, 0.2) is 21.6 Å². The molecular formula is C13H18BrN5. The molecule has 1 aromatic rings. The summed E-state index contributed by atoms with van der Waals surface area (Å²) >= 11 is 3.72. The third-order valence-corrected chi connectivity index (χ3v) is 4.20. The van der Waals surface area contributed by atoms with E-state index in [1.807, 2.05) is 0 Å². The smallest absolute Gasteiger partial charge is 0.195 e. The van der Waals surface area contributed by atoms with Gasteiger partial charge in [0.1, 0.15) is 0 Å². The Labute approximate surface area is 121 Å². The van der Waals surface area contributed by atoms with Crippen molar-refractivity contribution >= 4 is 39.0 Å². The van der Waals surface area contributed by atoms with Gasteiger partial charge < -0.3 is 20.9 Å². The van der Waals surface area contributed by atoms with Crippen molar-refractivity contribution in [3.8, 4) is 0 Å². The van der Waals surface area contributed by atoms with Crippen LogP contribution in [0, 0.1) is 0 Å². The number of nitrogens with one attached hydrogen (secondary N) is 3. The molecule has 5 nitrogen and oxygen atoms in total. The normalized spacial score (nSPS) is 17.1. The van der Waals surface area contributed by atoms with E-state index in [1.54, 1.807) is 0 Å². The average molecular weight is 324 g/mol. The van der Waals surface area contributed by atoms with Crippen molar-refractivity contribution in [3.05, 3.63) is 16.6 Å². The highest BCUT2D eigenvalue weighted by molar-refractivity contribution is 9.10. The van der Waals surface area contributed by atoms with Crippen molar-refractivity contribution in [2.45, 2.75) is 19.9 Å². The van der Waals surface area contributed by atoms with Crippen LogP contribution in [0.2, 0.25) is 0 Å². The quantitative estimate of drug-likeness (QED) is 0.782. The fourth-order valence-electron chi connectivity index (χ4n) is 2.38. The molecule has 2 aliphatic heterocycles. The second-order valence-corrected chi connectivity index (χ2v) is 5.80. The third-order valence-electron chi connectivity index (χ3n) is 3.39. The highest BCUT2D eigenvalue weighted by atomic mass is 79.9. The van der Waals surface area contributed by atoms with E-state index in [9.17, 15) is 0 Å². The maximum atomic E-state index is 4.36. The molecule has 2 aliphatic rings. The number of anilines is 3. The molecule has 0 unspecified atom stereocenters. The van der Waals surface area contributed by atoms with Crippen LogP contribution < -0.4 is 20.9 Å². The van der Waals surface area contributed by atoms with Gasteiger partial charge in [-0.15, -0.1) is 0 Å². The monoisotopic (exact) mass is 323 g/mol. The van der Waals surface area contributed by atoms with Gasteiger partial charge in [-0.25, -0.2) is 0 Å². The molecule has 0 amide bonds. The van der Waals surface area contributed by atoms with E-state index in [0.717, 1.165) is 35.9 Å². The minimum Gasteiger partial charge on any atom is -0.366 e. The van der Waals surface area contributed by atoms with Crippen LogP contribution in [0.3, 0.4) is 0 Å². The van der Waals surface area contributed by atoms with Gasteiger partial charge >= 0.3 is 0 Å². The largest absolute Gasteiger partial charge is 0.366 e. The number of halogens is 1. The maximum absolute atomic E-state index is 4.36. The fourth-order valence-corrected chi connectivity index (χ4v) is 3.06. The SMILES string of the molecule is CC(C)N1CNc2ccc(NC3=NCCN3)c(Br)c21. The van der Waals surface area contributed by atoms with Crippen molar-refractivity contribution in [3.63, 3.8) is 0 Å². The summed E-state index contributed by atoms with van der Waals surface area (Å²) in [5.41, 5.74) is 3.44. The molecule has 6 heteroatoms. The lowest BCUT2D eigenvalue weighted by Gasteiger charge is -2.24. The average Bonchev–Trinajstić information content (AvgIpc) is 3.01. The molecule has 0 radical (unpaired) electrons. The van der Waals surface area contributed by atoms with E-state index in [-0.39, 0.29) is 0 Å². The van der Waals surface area contributed by atoms with Gasteiger partial charge in [-0.1, -0.05) is 0 Å². The van der Waals surface area contributed by atoms with Crippen LogP contribution in [0.1, 0.15) is 13.8 Å². The van der Waals surface area contributed by atoms with Gasteiger partial charge in [0.05, 0.1) is 34.7 Å². The lowest BCUT2D eigenvalue weighted by molar-refractivity contribution is 0.726. The zero-order valence-corrected chi connectivity index (χ0v) is 12.7. The van der Waals surface area contributed by atoms with Crippen LogP contribution in [0.4, 0.5) is 17.1 Å². The second kappa shape index (κ2) is 4.92. The number of aliphatic imine (C=N–C) groups is 1. The van der Waals surface area contributed by atoms with E-state index in [1.165, 1.54) is 11.4 Å². The van der Waals surface area contributed by atoms with Crippen LogP contribution in [-0.2, 0) is 0 Å². The van der Waals surface area contributed by atoms with Crippen LogP contribution in [0.5, 0.6) is 0 Å². The van der Waals surface area contributed by atoms with Gasteiger partial charge in [0, 0.05) is 12.6 Å². The summed E-state index contributed by atoms with van der Waals surface area (Å²) in [4.78, 5) is 6.71. The number of hydrogen-bond acceptors (Lipinski definition) is 5. The van der Waals surface area contributed by atoms with Crippen molar-refractivity contribution in [1.29, 1.82) is 0 Å². The molecule has 0 spiro atoms. The van der Waals surface area contributed by atoms with E-state index in [4.69, 9.17) is 0 Å². The molecule has 0 saturated heterocycles. The summed E-state index contributed by atoms with van der Waals surface area (Å²) in [6.45, 7) is 7.00. The van der Waals surface area contributed by atoms with Crippen LogP contribution in [-0.4, -0.2) is 31.8 Å². The summed E-state index contributed by atoms with van der Waals surface area (Å²) in [5, 5.41) is 9.97. The molecule has 0 aromatic heterocycles. The van der Waals surface area contributed by atoms with Crippen LogP contribution >= 0.6 is 15.9 Å². The van der Waals surface area contributed by atoms with Crippen molar-refractivity contribution in [2.24, 2.45) is 4.99 Å². The van der Waals surface area contributed by atoms with Crippen LogP contribution in [0.25, 0.3) is 0 Å². The predicted molar refractivity (Wildman–Crippen MR) is 84.2 cm³/mol. The molecule has 3 N–H and O–H groups in total. The number of benzene rings is 1. The highest BCUT2D eigenvalue weighted by Gasteiger charge is 2.25. The van der Waals surface area contributed by atoms with Gasteiger partial charge in [-0.2, -0.15) is 0 Å². The minimum atomic E-state index is 0.460. The van der Waals surface area contributed by atoms with Gasteiger partial charge in [0.25, 0.3) is 0 Å². The summed E-state index contributed by atoms with van der Waals surface area (Å²) in [6, 6.07) is 4.64. The Morgan fingerprint density at radius 3 is 2.89 bits per heavy atom. The van der Waals surface area contributed by atoms with Gasteiger partial charge in [-0.3, -0.25) is 4.99 Å². The first-order chi connectivity index (χ1) is 9.16. The molecule has 102 valence electrons. The first-order valence-electron chi connectivity index (χ1n) is 6.55. The van der Waals surface area contributed by atoms with E-state index in [2.05, 4.69) is 67.8 Å². The van der Waals surface area contributed by atoms with E-state index < -0.39 is 0 Å². The summed E-state index contributed by atoms with van der Waals surface area (Å²) in [5.74, 6) is 0.850. The standard InChI is InChI=1S/C13H18BrN5/c1-8(2)19-7-17-10-4-3-9(11(14)12(10)19)18-13-15-5-6-16-13/h3-4,8,17H,5-7H2,1-2H3,(H2,15,16,18). The third kappa shape index (κ3) is 2.25. The first-order valence-corrected chi connectivity index (χ1v) is 7.34. The molecule has 2 heterocycles. The second-order valence-electron chi connectivity index (χ2n) is 5.00. The Morgan fingerprint density at radius 1 is 1.37 bits per heavy atom. The Kier molecular flexibility index (Phi) is 3.26. The van der Waals surface area contributed by atoms with Gasteiger partial charge in [0.15, 0.2) is 5.96 Å². The fraction of sp³-hybridized carbons (Fsp3) is 0.462. The van der Waals surface area contributed by atoms with E-state index >= 15 is 0 Å². The number of hydrogen-bond donors (Lipinski definition) is 3. The summed E-state index contributed by atoms with van der Waals surface area (Å²) < 4.78 is 1.08. The number of rotatable bonds is 2. The van der Waals surface area contributed by atoms with E-state index in [0.29, 0.717) is 6.04 Å². The lowest BCUT2D eigenvalue weighted by atomic mass is 10.2. The molecular weight excluding hydrogens is 306 g/mol. The highest BCUT2D eigenvalue weighted by Crippen LogP contribution is 2.43. The van der Waals surface area contributed by atoms with Crippen molar-refractivity contribution in [2.75, 3.05) is 35.3 Å². The van der Waals surface area contributed by atoms with Crippen molar-refractivity contribution < 1.29 is 0 Å². The zero-order chi connectivity index (χ0) is 13.4. The van der Waals surface area contributed by atoms with Gasteiger partial charge in [0.2, 0.25) is 0 Å². The molecule has 19 heavy (non-hydrogen) atoms. The maximum Gasteiger partial charge on any atom is 0.195 e. The van der Waals surface area contributed by atoms with Gasteiger partial charge in [-0.05, 0) is 41.9 Å². The lowest BCUT2D eigenvalue weighted by Crippen LogP contribution is -2.30. The molecule has 1 aromatic carbocycles. The molecule has 0 atom stereocenters. The molecule has 0 fully saturated rings. The Balaban J connectivity index is 1.93. The Morgan fingerprint density at radius 2 is 2.21 bits per heavy atom. The molecule has 0 saturated carbocycles. The number of guanidine groups is 1. The number of nitrogens with zero attached hydrogens (tertiary/aromatic N) is 2.